The summed E-state index contributed by atoms with van der Waals surface area (Å²) in [7, 11) is 1.72. The Morgan fingerprint density at radius 1 is 1.12 bits per heavy atom. The number of ether oxygens (including phenoxy) is 1. The highest BCUT2D eigenvalue weighted by atomic mass is 16.5. The van der Waals surface area contributed by atoms with Gasteiger partial charge in [0.05, 0.1) is 7.11 Å². The first-order chi connectivity index (χ1) is 11.5. The van der Waals surface area contributed by atoms with Crippen LogP contribution in [-0.2, 0) is 6.42 Å². The van der Waals surface area contributed by atoms with Crippen LogP contribution in [0.3, 0.4) is 0 Å². The maximum Gasteiger partial charge on any atom is 0.157 e. The molecule has 0 saturated carbocycles. The van der Waals surface area contributed by atoms with Gasteiger partial charge >= 0.3 is 0 Å². The highest BCUT2D eigenvalue weighted by Crippen LogP contribution is 2.48. The number of phenolic OH excluding ortho intramolecular Hbond substituents is 2. The normalized spacial score (nSPS) is 20.7. The molecule has 3 rings (SSSR count). The third-order valence-electron chi connectivity index (χ3n) is 5.46. The van der Waals surface area contributed by atoms with E-state index in [0.717, 1.165) is 35.3 Å². The molecule has 0 radical (unpaired) electrons. The number of hydrogen-bond acceptors (Lipinski definition) is 3. The summed E-state index contributed by atoms with van der Waals surface area (Å²) in [5, 5.41) is 19.7. The predicted molar refractivity (Wildman–Crippen MR) is 96.2 cm³/mol. The fraction of sp³-hybridized carbons (Fsp3) is 0.429. The van der Waals surface area contributed by atoms with Crippen LogP contribution in [0, 0.1) is 5.92 Å². The summed E-state index contributed by atoms with van der Waals surface area (Å²) in [5.41, 5.74) is 4.64. The lowest BCUT2D eigenvalue weighted by Gasteiger charge is -2.22. The third kappa shape index (κ3) is 2.72. The SMILES string of the molecule is CCC(C)c1ccc([C@H]2c3cc(O)c(O)cc3CC2C)c(OC)c1. The second-order valence-electron chi connectivity index (χ2n) is 7.01. The second-order valence-corrected chi connectivity index (χ2v) is 7.01. The fourth-order valence-electron chi connectivity index (χ4n) is 3.87. The summed E-state index contributed by atoms with van der Waals surface area (Å²) >= 11 is 0. The zero-order chi connectivity index (χ0) is 17.4. The molecular formula is C21H26O3. The van der Waals surface area contributed by atoms with Gasteiger partial charge in [-0.3, -0.25) is 0 Å². The van der Waals surface area contributed by atoms with Gasteiger partial charge < -0.3 is 14.9 Å². The average molecular weight is 326 g/mol. The Labute approximate surface area is 143 Å². The smallest absolute Gasteiger partial charge is 0.157 e. The summed E-state index contributed by atoms with van der Waals surface area (Å²) in [6.45, 7) is 6.62. The van der Waals surface area contributed by atoms with Crippen molar-refractivity contribution in [1.29, 1.82) is 0 Å². The number of phenols is 2. The molecule has 128 valence electrons. The van der Waals surface area contributed by atoms with E-state index in [2.05, 4.69) is 39.0 Å². The van der Waals surface area contributed by atoms with Crippen molar-refractivity contribution >= 4 is 0 Å². The molecule has 0 amide bonds. The molecule has 0 aromatic heterocycles. The minimum Gasteiger partial charge on any atom is -0.504 e. The molecule has 3 nitrogen and oxygen atoms in total. The van der Waals surface area contributed by atoms with Crippen molar-refractivity contribution in [2.24, 2.45) is 5.92 Å². The van der Waals surface area contributed by atoms with E-state index in [1.807, 2.05) is 0 Å². The van der Waals surface area contributed by atoms with Gasteiger partial charge in [0.25, 0.3) is 0 Å². The molecule has 0 bridgehead atoms. The zero-order valence-electron chi connectivity index (χ0n) is 14.8. The van der Waals surface area contributed by atoms with Crippen molar-refractivity contribution < 1.29 is 14.9 Å². The lowest BCUT2D eigenvalue weighted by molar-refractivity contribution is 0.399. The minimum absolute atomic E-state index is 0.0410. The van der Waals surface area contributed by atoms with Crippen LogP contribution in [0.2, 0.25) is 0 Å². The molecule has 0 aliphatic heterocycles. The van der Waals surface area contributed by atoms with E-state index >= 15 is 0 Å². The monoisotopic (exact) mass is 326 g/mol. The summed E-state index contributed by atoms with van der Waals surface area (Å²) in [6.07, 6.45) is 1.99. The molecule has 2 aromatic carbocycles. The summed E-state index contributed by atoms with van der Waals surface area (Å²) < 4.78 is 5.70. The number of rotatable bonds is 4. The number of methoxy groups -OCH3 is 1. The highest BCUT2D eigenvalue weighted by Gasteiger charge is 2.33. The molecule has 1 aliphatic rings. The lowest BCUT2D eigenvalue weighted by Crippen LogP contribution is -2.08. The van der Waals surface area contributed by atoms with Gasteiger partial charge in [-0.1, -0.05) is 32.9 Å². The van der Waals surface area contributed by atoms with Crippen molar-refractivity contribution in [1.82, 2.24) is 0 Å². The molecule has 3 heteroatoms. The Hall–Kier alpha value is -2.16. The minimum atomic E-state index is -0.0527. The molecule has 2 N–H and O–H groups in total. The van der Waals surface area contributed by atoms with Gasteiger partial charge in [0.15, 0.2) is 11.5 Å². The first-order valence-corrected chi connectivity index (χ1v) is 8.68. The van der Waals surface area contributed by atoms with Crippen molar-refractivity contribution in [3.8, 4) is 17.2 Å². The number of benzene rings is 2. The van der Waals surface area contributed by atoms with Gasteiger partial charge in [-0.2, -0.15) is 0 Å². The van der Waals surface area contributed by atoms with Crippen molar-refractivity contribution in [3.63, 3.8) is 0 Å². The molecule has 1 aliphatic carbocycles. The first kappa shape index (κ1) is 16.7. The van der Waals surface area contributed by atoms with Crippen LogP contribution in [0.4, 0.5) is 0 Å². The van der Waals surface area contributed by atoms with Gasteiger partial charge in [-0.15, -0.1) is 0 Å². The predicted octanol–water partition coefficient (Wildman–Crippen LogP) is 4.94. The third-order valence-corrected chi connectivity index (χ3v) is 5.46. The van der Waals surface area contributed by atoms with Gasteiger partial charge in [0.1, 0.15) is 5.75 Å². The molecule has 3 atom stereocenters. The average Bonchev–Trinajstić information content (AvgIpc) is 2.88. The van der Waals surface area contributed by atoms with E-state index in [0.29, 0.717) is 11.8 Å². The van der Waals surface area contributed by atoms with E-state index < -0.39 is 0 Å². The van der Waals surface area contributed by atoms with Crippen LogP contribution in [0.5, 0.6) is 17.2 Å². The first-order valence-electron chi connectivity index (χ1n) is 8.68. The maximum absolute atomic E-state index is 9.93. The fourth-order valence-corrected chi connectivity index (χ4v) is 3.87. The van der Waals surface area contributed by atoms with Crippen molar-refractivity contribution in [2.75, 3.05) is 7.11 Å². The van der Waals surface area contributed by atoms with E-state index in [1.165, 1.54) is 5.56 Å². The molecule has 0 saturated heterocycles. The summed E-state index contributed by atoms with van der Waals surface area (Å²) in [6, 6.07) is 9.91. The van der Waals surface area contributed by atoms with Crippen LogP contribution in [0.15, 0.2) is 30.3 Å². The molecule has 0 fully saturated rings. The van der Waals surface area contributed by atoms with Gasteiger partial charge in [0, 0.05) is 11.5 Å². The van der Waals surface area contributed by atoms with Crippen LogP contribution in [-0.4, -0.2) is 17.3 Å². The largest absolute Gasteiger partial charge is 0.504 e. The molecule has 0 spiro atoms. The summed E-state index contributed by atoms with van der Waals surface area (Å²) in [4.78, 5) is 0. The van der Waals surface area contributed by atoms with Gasteiger partial charge in [-0.05, 0) is 59.6 Å². The molecule has 2 unspecified atom stereocenters. The Balaban J connectivity index is 2.08. The number of fused-ring (bicyclic) bond motifs is 1. The van der Waals surface area contributed by atoms with E-state index in [1.54, 1.807) is 19.2 Å². The Bertz CT molecular complexity index is 751. The van der Waals surface area contributed by atoms with Crippen LogP contribution in [0.1, 0.15) is 61.3 Å². The van der Waals surface area contributed by atoms with Crippen molar-refractivity contribution in [3.05, 3.63) is 52.6 Å². The van der Waals surface area contributed by atoms with E-state index in [4.69, 9.17) is 4.74 Å². The Kier molecular flexibility index (Phi) is 4.44. The maximum atomic E-state index is 9.93. The van der Waals surface area contributed by atoms with Crippen LogP contribution >= 0.6 is 0 Å². The molecule has 2 aromatic rings. The van der Waals surface area contributed by atoms with E-state index in [-0.39, 0.29) is 17.4 Å². The van der Waals surface area contributed by atoms with Gasteiger partial charge in [-0.25, -0.2) is 0 Å². The number of hydrogen-bond donors (Lipinski definition) is 2. The number of aromatic hydroxyl groups is 2. The highest BCUT2D eigenvalue weighted by molar-refractivity contribution is 5.55. The molecule has 24 heavy (non-hydrogen) atoms. The van der Waals surface area contributed by atoms with Crippen molar-refractivity contribution in [2.45, 2.75) is 45.4 Å². The summed E-state index contributed by atoms with van der Waals surface area (Å²) in [5.74, 6) is 1.88. The molecular weight excluding hydrogens is 300 g/mol. The van der Waals surface area contributed by atoms with E-state index in [9.17, 15) is 10.2 Å². The Morgan fingerprint density at radius 3 is 2.50 bits per heavy atom. The quantitative estimate of drug-likeness (QED) is 0.782. The van der Waals surface area contributed by atoms with Crippen LogP contribution < -0.4 is 4.74 Å². The lowest BCUT2D eigenvalue weighted by atomic mass is 9.84. The topological polar surface area (TPSA) is 49.7 Å². The van der Waals surface area contributed by atoms with Gasteiger partial charge in [0.2, 0.25) is 0 Å². The zero-order valence-corrected chi connectivity index (χ0v) is 14.8. The van der Waals surface area contributed by atoms with Crippen LogP contribution in [0.25, 0.3) is 0 Å². The Morgan fingerprint density at radius 2 is 1.83 bits per heavy atom. The second kappa shape index (κ2) is 6.39. The molecule has 0 heterocycles. The standard InChI is InChI=1S/C21H26O3/c1-5-12(2)14-6-7-16(20(10-14)24-4)21-13(3)8-15-9-18(22)19(23)11-17(15)21/h6-7,9-13,21-23H,5,8H2,1-4H3/t12?,13?,21-/m0/s1.